The minimum atomic E-state index is -0.169. The monoisotopic (exact) mass is 408 g/mol. The molecule has 1 spiro atoms. The molecule has 7 heteroatoms. The highest BCUT2D eigenvalue weighted by atomic mass is 16.3. The number of hydrogen-bond acceptors (Lipinski definition) is 5. The minimum absolute atomic E-state index is 0.0563. The summed E-state index contributed by atoms with van der Waals surface area (Å²) in [5.41, 5.74) is 1.70. The molecule has 1 unspecified atom stereocenters. The third-order valence-corrected chi connectivity index (χ3v) is 6.92. The number of benzene rings is 1. The van der Waals surface area contributed by atoms with Crippen LogP contribution in [0.25, 0.3) is 0 Å². The first-order chi connectivity index (χ1) is 14.6. The Labute approximate surface area is 176 Å². The second-order valence-corrected chi connectivity index (χ2v) is 9.03. The quantitative estimate of drug-likeness (QED) is 0.776. The van der Waals surface area contributed by atoms with Crippen molar-refractivity contribution in [1.29, 1.82) is 0 Å². The van der Waals surface area contributed by atoms with Gasteiger partial charge in [0.25, 0.3) is 5.91 Å². The van der Waals surface area contributed by atoms with E-state index in [9.17, 15) is 9.59 Å². The minimum Gasteiger partial charge on any atom is -0.438 e. The maximum Gasteiger partial charge on any atom is 0.291 e. The lowest BCUT2D eigenvalue weighted by atomic mass is 9.70. The fourth-order valence-electron chi connectivity index (χ4n) is 5.36. The number of hydrogen-bond donors (Lipinski definition) is 0. The lowest BCUT2D eigenvalue weighted by Gasteiger charge is -2.50. The zero-order valence-electron chi connectivity index (χ0n) is 17.4. The van der Waals surface area contributed by atoms with Crippen LogP contribution in [0.3, 0.4) is 0 Å². The number of carbonyl (C=O) groups is 2. The fraction of sp³-hybridized carbons (Fsp3) is 0.522. The number of amides is 2. The van der Waals surface area contributed by atoms with Gasteiger partial charge < -0.3 is 14.2 Å². The molecule has 158 valence electrons. The number of aryl methyl sites for hydroxylation is 1. The van der Waals surface area contributed by atoms with E-state index in [0.717, 1.165) is 45.6 Å². The number of likely N-dealkylation sites (tertiary alicyclic amines) is 3. The second-order valence-electron chi connectivity index (χ2n) is 9.03. The van der Waals surface area contributed by atoms with Crippen molar-refractivity contribution in [1.82, 2.24) is 19.7 Å². The SMILES string of the molecule is Cc1ncoc1C(=O)N1CC2(CN(Cc3ccccc3)CC2C(=O)N2CCCC2)C1. The molecule has 0 radical (unpaired) electrons. The van der Waals surface area contributed by atoms with E-state index in [-0.39, 0.29) is 23.1 Å². The second kappa shape index (κ2) is 7.54. The molecule has 4 heterocycles. The molecule has 0 N–H and O–H groups in total. The van der Waals surface area contributed by atoms with Crippen molar-refractivity contribution in [2.24, 2.45) is 11.3 Å². The number of aromatic nitrogens is 1. The van der Waals surface area contributed by atoms with E-state index in [0.29, 0.717) is 24.5 Å². The highest BCUT2D eigenvalue weighted by Gasteiger charge is 2.58. The van der Waals surface area contributed by atoms with Crippen molar-refractivity contribution in [2.75, 3.05) is 39.3 Å². The summed E-state index contributed by atoms with van der Waals surface area (Å²) in [5, 5.41) is 0. The van der Waals surface area contributed by atoms with Crippen LogP contribution < -0.4 is 0 Å². The van der Waals surface area contributed by atoms with Gasteiger partial charge in [-0.2, -0.15) is 0 Å². The molecular formula is C23H28N4O3. The van der Waals surface area contributed by atoms with E-state index in [2.05, 4.69) is 34.1 Å². The standard InChI is InChI=1S/C23H28N4O3/c1-17-20(30-16-24-17)22(29)27-14-23(15-27)13-25(11-18-7-3-2-4-8-18)12-19(23)21(28)26-9-5-6-10-26/h2-4,7-8,16,19H,5-6,9-15H2,1H3. The molecule has 2 aromatic rings. The maximum atomic E-state index is 13.4. The normalized spacial score (nSPS) is 23.2. The van der Waals surface area contributed by atoms with Gasteiger partial charge in [0, 0.05) is 51.2 Å². The van der Waals surface area contributed by atoms with Crippen LogP contribution in [0.5, 0.6) is 0 Å². The van der Waals surface area contributed by atoms with Crippen LogP contribution >= 0.6 is 0 Å². The molecule has 1 aromatic heterocycles. The van der Waals surface area contributed by atoms with Gasteiger partial charge in [0.1, 0.15) is 0 Å². The Kier molecular flexibility index (Phi) is 4.85. The van der Waals surface area contributed by atoms with Crippen LogP contribution in [0.1, 0.15) is 34.7 Å². The first-order valence-corrected chi connectivity index (χ1v) is 10.8. The van der Waals surface area contributed by atoms with E-state index in [1.54, 1.807) is 6.92 Å². The van der Waals surface area contributed by atoms with E-state index < -0.39 is 0 Å². The summed E-state index contributed by atoms with van der Waals surface area (Å²) in [4.78, 5) is 36.5. The summed E-state index contributed by atoms with van der Waals surface area (Å²) in [7, 11) is 0. The Balaban J connectivity index is 1.33. The van der Waals surface area contributed by atoms with Crippen molar-refractivity contribution < 1.29 is 14.0 Å². The predicted molar refractivity (Wildman–Crippen MR) is 111 cm³/mol. The average Bonchev–Trinajstić information content (AvgIpc) is 3.46. The zero-order valence-corrected chi connectivity index (χ0v) is 17.4. The Morgan fingerprint density at radius 1 is 1.10 bits per heavy atom. The molecule has 3 aliphatic rings. The number of nitrogens with zero attached hydrogens (tertiary/aromatic N) is 4. The molecule has 7 nitrogen and oxygen atoms in total. The predicted octanol–water partition coefficient (Wildman–Crippen LogP) is 2.18. The first kappa shape index (κ1) is 19.3. The smallest absolute Gasteiger partial charge is 0.291 e. The summed E-state index contributed by atoms with van der Waals surface area (Å²) >= 11 is 0. The van der Waals surface area contributed by atoms with Crippen LogP contribution in [-0.4, -0.2) is 70.8 Å². The summed E-state index contributed by atoms with van der Waals surface area (Å²) in [6, 6.07) is 10.4. The van der Waals surface area contributed by atoms with Gasteiger partial charge in [-0.15, -0.1) is 0 Å². The molecule has 3 saturated heterocycles. The van der Waals surface area contributed by atoms with E-state index in [4.69, 9.17) is 4.42 Å². The highest BCUT2D eigenvalue weighted by molar-refractivity contribution is 5.93. The third-order valence-electron chi connectivity index (χ3n) is 6.92. The van der Waals surface area contributed by atoms with Crippen LogP contribution in [0, 0.1) is 18.3 Å². The average molecular weight is 409 g/mol. The Hall–Kier alpha value is -2.67. The Bertz CT molecular complexity index is 929. The van der Waals surface area contributed by atoms with Crippen LogP contribution in [0.2, 0.25) is 0 Å². The molecule has 5 rings (SSSR count). The van der Waals surface area contributed by atoms with Crippen molar-refractivity contribution in [2.45, 2.75) is 26.3 Å². The maximum absolute atomic E-state index is 13.4. The van der Waals surface area contributed by atoms with E-state index in [1.807, 2.05) is 15.9 Å². The summed E-state index contributed by atoms with van der Waals surface area (Å²) in [6.07, 6.45) is 3.50. The van der Waals surface area contributed by atoms with Crippen LogP contribution in [0.15, 0.2) is 41.1 Å². The Morgan fingerprint density at radius 3 is 2.50 bits per heavy atom. The molecule has 3 fully saturated rings. The molecule has 0 saturated carbocycles. The molecule has 3 aliphatic heterocycles. The van der Waals surface area contributed by atoms with E-state index in [1.165, 1.54) is 12.0 Å². The van der Waals surface area contributed by atoms with Crippen molar-refractivity contribution in [3.63, 3.8) is 0 Å². The lowest BCUT2D eigenvalue weighted by Crippen LogP contribution is -2.64. The van der Waals surface area contributed by atoms with Gasteiger partial charge in [-0.25, -0.2) is 4.98 Å². The molecule has 0 bridgehead atoms. The van der Waals surface area contributed by atoms with Gasteiger partial charge in [0.2, 0.25) is 11.7 Å². The fourth-order valence-corrected chi connectivity index (χ4v) is 5.36. The number of rotatable bonds is 4. The van der Waals surface area contributed by atoms with Gasteiger partial charge in [0.15, 0.2) is 6.39 Å². The van der Waals surface area contributed by atoms with Gasteiger partial charge in [-0.3, -0.25) is 14.5 Å². The van der Waals surface area contributed by atoms with Gasteiger partial charge in [0.05, 0.1) is 11.6 Å². The van der Waals surface area contributed by atoms with Crippen molar-refractivity contribution >= 4 is 11.8 Å². The highest BCUT2D eigenvalue weighted by Crippen LogP contribution is 2.46. The molecule has 2 amide bonds. The molecular weight excluding hydrogens is 380 g/mol. The Morgan fingerprint density at radius 2 is 1.83 bits per heavy atom. The topological polar surface area (TPSA) is 69.9 Å². The van der Waals surface area contributed by atoms with E-state index >= 15 is 0 Å². The largest absolute Gasteiger partial charge is 0.438 e. The molecule has 30 heavy (non-hydrogen) atoms. The molecule has 0 aliphatic carbocycles. The van der Waals surface area contributed by atoms with Gasteiger partial charge >= 0.3 is 0 Å². The van der Waals surface area contributed by atoms with Gasteiger partial charge in [-0.05, 0) is 25.3 Å². The first-order valence-electron chi connectivity index (χ1n) is 10.8. The van der Waals surface area contributed by atoms with Crippen molar-refractivity contribution in [3.8, 4) is 0 Å². The molecule has 1 atom stereocenters. The van der Waals surface area contributed by atoms with Crippen LogP contribution in [-0.2, 0) is 11.3 Å². The number of carbonyl (C=O) groups excluding carboxylic acids is 2. The summed E-state index contributed by atoms with van der Waals surface area (Å²) in [6.45, 7) is 7.14. The summed E-state index contributed by atoms with van der Waals surface area (Å²) in [5.74, 6) is 0.404. The third kappa shape index (κ3) is 3.31. The lowest BCUT2D eigenvalue weighted by molar-refractivity contribution is -0.141. The van der Waals surface area contributed by atoms with Gasteiger partial charge in [-0.1, -0.05) is 30.3 Å². The molecule has 1 aromatic carbocycles. The summed E-state index contributed by atoms with van der Waals surface area (Å²) < 4.78 is 5.30. The van der Waals surface area contributed by atoms with Crippen LogP contribution in [0.4, 0.5) is 0 Å². The zero-order chi connectivity index (χ0) is 20.7. The van der Waals surface area contributed by atoms with Crippen molar-refractivity contribution in [3.05, 3.63) is 53.7 Å². The number of oxazole rings is 1.